The van der Waals surface area contributed by atoms with Crippen molar-refractivity contribution in [1.82, 2.24) is 4.90 Å². The van der Waals surface area contributed by atoms with Crippen molar-refractivity contribution in [2.24, 2.45) is 0 Å². The number of carbonyl (C=O) groups excluding carboxylic acids is 2. The number of carbonyl (C=O) groups is 3. The van der Waals surface area contributed by atoms with Gasteiger partial charge in [0.2, 0.25) is 11.8 Å². The lowest BCUT2D eigenvalue weighted by Crippen LogP contribution is -2.30. The Labute approximate surface area is 149 Å². The predicted octanol–water partition coefficient (Wildman–Crippen LogP) is 3.03. The maximum Gasteiger partial charge on any atom is 0.313 e. The van der Waals surface area contributed by atoms with Gasteiger partial charge < -0.3 is 15.3 Å². The van der Waals surface area contributed by atoms with Gasteiger partial charge in [0.05, 0.1) is 5.41 Å². The molecule has 0 spiro atoms. The zero-order valence-corrected chi connectivity index (χ0v) is 15.5. The van der Waals surface area contributed by atoms with Crippen LogP contribution in [0.5, 0.6) is 0 Å². The minimum Gasteiger partial charge on any atom is -0.481 e. The van der Waals surface area contributed by atoms with Gasteiger partial charge in [-0.1, -0.05) is 12.1 Å². The third kappa shape index (κ3) is 5.89. The fourth-order valence-corrected chi connectivity index (χ4v) is 2.45. The maximum absolute atomic E-state index is 12.0. The molecule has 1 aromatic rings. The molecule has 0 unspecified atom stereocenters. The van der Waals surface area contributed by atoms with E-state index < -0.39 is 11.4 Å². The van der Waals surface area contributed by atoms with Crippen LogP contribution in [0.3, 0.4) is 0 Å². The number of hydrogen-bond donors (Lipinski definition) is 2. The molecule has 6 nitrogen and oxygen atoms in total. The molecule has 0 aliphatic heterocycles. The SMILES string of the molecule is CCN(CC)C(=O)CCCC(=O)Nc1ccc(C(C)(C)C(=O)O)cc1. The van der Waals surface area contributed by atoms with E-state index in [1.807, 2.05) is 13.8 Å². The Morgan fingerprint density at radius 1 is 1.04 bits per heavy atom. The van der Waals surface area contributed by atoms with Crippen LogP contribution in [0.15, 0.2) is 24.3 Å². The van der Waals surface area contributed by atoms with Gasteiger partial charge in [-0.2, -0.15) is 0 Å². The zero-order valence-electron chi connectivity index (χ0n) is 15.5. The largest absolute Gasteiger partial charge is 0.481 e. The number of nitrogens with one attached hydrogen (secondary N) is 1. The standard InChI is InChI=1S/C19H28N2O4/c1-5-21(6-2)17(23)9-7-8-16(22)20-15-12-10-14(11-13-15)19(3,4)18(24)25/h10-13H,5-9H2,1-4H3,(H,20,22)(H,24,25). The van der Waals surface area contributed by atoms with Crippen LogP contribution >= 0.6 is 0 Å². The third-order valence-electron chi connectivity index (χ3n) is 4.34. The van der Waals surface area contributed by atoms with Crippen molar-refractivity contribution >= 4 is 23.5 Å². The first-order valence-electron chi connectivity index (χ1n) is 8.63. The molecule has 0 atom stereocenters. The Kier molecular flexibility index (Phi) is 7.61. The summed E-state index contributed by atoms with van der Waals surface area (Å²) in [6.07, 6.45) is 1.14. The van der Waals surface area contributed by atoms with Gasteiger partial charge in [0.15, 0.2) is 0 Å². The van der Waals surface area contributed by atoms with E-state index in [2.05, 4.69) is 5.32 Å². The number of aliphatic carboxylic acids is 1. The van der Waals surface area contributed by atoms with Gasteiger partial charge >= 0.3 is 5.97 Å². The highest BCUT2D eigenvalue weighted by molar-refractivity contribution is 5.91. The molecular weight excluding hydrogens is 320 g/mol. The van der Waals surface area contributed by atoms with Gasteiger partial charge in [-0.3, -0.25) is 14.4 Å². The summed E-state index contributed by atoms with van der Waals surface area (Å²) in [6, 6.07) is 6.79. The van der Waals surface area contributed by atoms with E-state index in [1.54, 1.807) is 43.0 Å². The van der Waals surface area contributed by atoms with Crippen LogP contribution in [0, 0.1) is 0 Å². The van der Waals surface area contributed by atoms with Crippen LogP contribution in [-0.4, -0.2) is 40.9 Å². The fourth-order valence-electron chi connectivity index (χ4n) is 2.45. The van der Waals surface area contributed by atoms with E-state index in [1.165, 1.54) is 0 Å². The molecule has 0 bridgehead atoms. The summed E-state index contributed by atoms with van der Waals surface area (Å²) in [6.45, 7) is 8.50. The van der Waals surface area contributed by atoms with Crippen LogP contribution in [-0.2, 0) is 19.8 Å². The highest BCUT2D eigenvalue weighted by Gasteiger charge is 2.29. The number of hydrogen-bond acceptors (Lipinski definition) is 3. The summed E-state index contributed by atoms with van der Waals surface area (Å²) in [5, 5.41) is 12.0. The minimum absolute atomic E-state index is 0.0676. The van der Waals surface area contributed by atoms with Gasteiger partial charge in [0, 0.05) is 31.6 Å². The Morgan fingerprint density at radius 2 is 1.60 bits per heavy atom. The normalized spacial score (nSPS) is 11.0. The fraction of sp³-hybridized carbons (Fsp3) is 0.526. The molecule has 6 heteroatoms. The van der Waals surface area contributed by atoms with Crippen molar-refractivity contribution in [2.45, 2.75) is 52.4 Å². The van der Waals surface area contributed by atoms with Gasteiger partial charge in [0.1, 0.15) is 0 Å². The van der Waals surface area contributed by atoms with Gasteiger partial charge in [-0.05, 0) is 51.8 Å². The third-order valence-corrected chi connectivity index (χ3v) is 4.34. The second-order valence-electron chi connectivity index (χ2n) is 6.48. The lowest BCUT2D eigenvalue weighted by molar-refractivity contribution is -0.142. The summed E-state index contributed by atoms with van der Waals surface area (Å²) in [5.74, 6) is -0.988. The van der Waals surface area contributed by atoms with Crippen LogP contribution in [0.2, 0.25) is 0 Å². The van der Waals surface area contributed by atoms with E-state index in [9.17, 15) is 19.5 Å². The van der Waals surface area contributed by atoms with Crippen molar-refractivity contribution in [3.63, 3.8) is 0 Å². The quantitative estimate of drug-likeness (QED) is 0.718. The molecule has 1 aromatic carbocycles. The molecule has 0 heterocycles. The zero-order chi connectivity index (χ0) is 19.0. The van der Waals surface area contributed by atoms with Gasteiger partial charge in [-0.25, -0.2) is 0 Å². The summed E-state index contributed by atoms with van der Waals surface area (Å²) in [7, 11) is 0. The van der Waals surface area contributed by atoms with Crippen molar-refractivity contribution in [2.75, 3.05) is 18.4 Å². The molecule has 0 fully saturated rings. The number of benzene rings is 1. The first-order valence-corrected chi connectivity index (χ1v) is 8.63. The monoisotopic (exact) mass is 348 g/mol. The number of amides is 2. The Morgan fingerprint density at radius 3 is 2.08 bits per heavy atom. The second-order valence-corrected chi connectivity index (χ2v) is 6.48. The first kappa shape index (κ1) is 20.7. The second kappa shape index (κ2) is 9.20. The molecule has 0 saturated carbocycles. The summed E-state index contributed by atoms with van der Waals surface area (Å²) < 4.78 is 0. The van der Waals surface area contributed by atoms with E-state index >= 15 is 0 Å². The Hall–Kier alpha value is -2.37. The average molecular weight is 348 g/mol. The molecular formula is C19H28N2O4. The van der Waals surface area contributed by atoms with Gasteiger partial charge in [-0.15, -0.1) is 0 Å². The van der Waals surface area contributed by atoms with E-state index in [0.717, 1.165) is 0 Å². The maximum atomic E-state index is 12.0. The van der Waals surface area contributed by atoms with E-state index in [4.69, 9.17) is 0 Å². The lowest BCUT2D eigenvalue weighted by atomic mass is 9.85. The smallest absolute Gasteiger partial charge is 0.313 e. The minimum atomic E-state index is -0.979. The van der Waals surface area contributed by atoms with Crippen molar-refractivity contribution in [3.8, 4) is 0 Å². The molecule has 0 aliphatic carbocycles. The number of anilines is 1. The molecule has 0 aromatic heterocycles. The number of nitrogens with zero attached hydrogens (tertiary/aromatic N) is 1. The van der Waals surface area contributed by atoms with E-state index in [0.29, 0.717) is 37.2 Å². The van der Waals surface area contributed by atoms with Crippen LogP contribution in [0.4, 0.5) is 5.69 Å². The topological polar surface area (TPSA) is 86.7 Å². The first-order chi connectivity index (χ1) is 11.7. The number of rotatable bonds is 9. The summed E-state index contributed by atoms with van der Waals surface area (Å²) >= 11 is 0. The van der Waals surface area contributed by atoms with Crippen LogP contribution in [0.25, 0.3) is 0 Å². The molecule has 0 saturated heterocycles. The molecule has 138 valence electrons. The Bertz CT molecular complexity index is 604. The van der Waals surface area contributed by atoms with Crippen LogP contribution in [0.1, 0.15) is 52.5 Å². The molecule has 1 rings (SSSR count). The molecule has 25 heavy (non-hydrogen) atoms. The highest BCUT2D eigenvalue weighted by Crippen LogP contribution is 2.24. The van der Waals surface area contributed by atoms with Crippen LogP contribution < -0.4 is 5.32 Å². The number of carboxylic acids is 1. The van der Waals surface area contributed by atoms with E-state index in [-0.39, 0.29) is 18.2 Å². The highest BCUT2D eigenvalue weighted by atomic mass is 16.4. The number of carboxylic acid groups (broad SMARTS) is 1. The molecule has 2 amide bonds. The average Bonchev–Trinajstić information content (AvgIpc) is 2.56. The molecule has 2 N–H and O–H groups in total. The lowest BCUT2D eigenvalue weighted by Gasteiger charge is -2.20. The predicted molar refractivity (Wildman–Crippen MR) is 97.5 cm³/mol. The summed E-state index contributed by atoms with van der Waals surface area (Å²) in [4.78, 5) is 36.8. The summed E-state index contributed by atoms with van der Waals surface area (Å²) in [5.41, 5.74) is 0.306. The molecule has 0 aliphatic rings. The molecule has 0 radical (unpaired) electrons. The van der Waals surface area contributed by atoms with Crippen molar-refractivity contribution < 1.29 is 19.5 Å². The van der Waals surface area contributed by atoms with Gasteiger partial charge in [0.25, 0.3) is 0 Å². The van der Waals surface area contributed by atoms with Crippen molar-refractivity contribution in [1.29, 1.82) is 0 Å². The Balaban J connectivity index is 2.50. The van der Waals surface area contributed by atoms with Crippen molar-refractivity contribution in [3.05, 3.63) is 29.8 Å².